The molecule has 0 spiro atoms. The third-order valence-electron chi connectivity index (χ3n) is 3.19. The third kappa shape index (κ3) is 3.80. The Balaban J connectivity index is 1.71. The molecule has 0 saturated carbocycles. The summed E-state index contributed by atoms with van der Waals surface area (Å²) >= 11 is 2.86. The minimum absolute atomic E-state index is 0.251. The third-order valence-corrected chi connectivity index (χ3v) is 4.98. The van der Waals surface area contributed by atoms with Crippen LogP contribution in [0.5, 0.6) is 0 Å². The van der Waals surface area contributed by atoms with E-state index >= 15 is 0 Å². The number of aromatic nitrogens is 3. The van der Waals surface area contributed by atoms with E-state index in [1.54, 1.807) is 5.38 Å². The molecule has 118 valence electrons. The molecule has 2 heterocycles. The van der Waals surface area contributed by atoms with Crippen molar-refractivity contribution in [2.45, 2.75) is 26.7 Å². The molecule has 3 aromatic rings. The Morgan fingerprint density at radius 3 is 2.74 bits per heavy atom. The lowest BCUT2D eigenvalue weighted by atomic mass is 10.2. The van der Waals surface area contributed by atoms with Gasteiger partial charge in [0.05, 0.1) is 0 Å². The molecule has 1 amide bonds. The van der Waals surface area contributed by atoms with Gasteiger partial charge in [0.15, 0.2) is 0 Å². The summed E-state index contributed by atoms with van der Waals surface area (Å²) in [6, 6.07) is 8.09. The zero-order valence-corrected chi connectivity index (χ0v) is 14.5. The fraction of sp³-hybridized carbons (Fsp3) is 0.250. The van der Waals surface area contributed by atoms with Crippen LogP contribution in [0.4, 0.5) is 5.13 Å². The quantitative estimate of drug-likeness (QED) is 0.754. The first-order valence-corrected chi connectivity index (χ1v) is 9.01. The number of thiazole rings is 1. The number of rotatable bonds is 5. The number of hydrogen-bond acceptors (Lipinski definition) is 6. The average molecular weight is 344 g/mol. The summed E-state index contributed by atoms with van der Waals surface area (Å²) < 4.78 is 0. The standard InChI is InChI=1S/C16H16N4OS2/c1-3-4-13-19-20-16(23-13)18-14(21)12-9-22-15(17-12)11-7-5-10(2)6-8-11/h5-9H,3-4H2,1-2H3,(H,18,20,21). The molecule has 23 heavy (non-hydrogen) atoms. The second-order valence-electron chi connectivity index (χ2n) is 5.11. The van der Waals surface area contributed by atoms with E-state index in [1.165, 1.54) is 28.2 Å². The van der Waals surface area contributed by atoms with Crippen LogP contribution in [-0.4, -0.2) is 21.1 Å². The first-order valence-electron chi connectivity index (χ1n) is 7.32. The topological polar surface area (TPSA) is 67.8 Å². The fourth-order valence-electron chi connectivity index (χ4n) is 1.99. The summed E-state index contributed by atoms with van der Waals surface area (Å²) in [5.74, 6) is -0.251. The molecule has 1 N–H and O–H groups in total. The Morgan fingerprint density at radius 2 is 2.00 bits per heavy atom. The van der Waals surface area contributed by atoms with Gasteiger partial charge in [0.25, 0.3) is 5.91 Å². The Morgan fingerprint density at radius 1 is 1.22 bits per heavy atom. The predicted octanol–water partition coefficient (Wildman–Crippen LogP) is 4.17. The summed E-state index contributed by atoms with van der Waals surface area (Å²) in [7, 11) is 0. The lowest BCUT2D eigenvalue weighted by Crippen LogP contribution is -2.12. The fourth-order valence-corrected chi connectivity index (χ4v) is 3.63. The number of benzene rings is 1. The highest BCUT2D eigenvalue weighted by Crippen LogP contribution is 2.25. The molecule has 3 rings (SSSR count). The molecule has 0 radical (unpaired) electrons. The smallest absolute Gasteiger partial charge is 0.276 e. The highest BCUT2D eigenvalue weighted by atomic mass is 32.1. The van der Waals surface area contributed by atoms with Gasteiger partial charge in [-0.1, -0.05) is 48.1 Å². The minimum atomic E-state index is -0.251. The SMILES string of the molecule is CCCc1nnc(NC(=O)c2csc(-c3ccc(C)cc3)n2)s1. The molecule has 0 bridgehead atoms. The van der Waals surface area contributed by atoms with Crippen LogP contribution in [0.3, 0.4) is 0 Å². The second-order valence-corrected chi connectivity index (χ2v) is 7.03. The lowest BCUT2D eigenvalue weighted by Gasteiger charge is -1.98. The maximum atomic E-state index is 12.3. The van der Waals surface area contributed by atoms with Gasteiger partial charge in [0.2, 0.25) is 5.13 Å². The van der Waals surface area contributed by atoms with E-state index in [9.17, 15) is 4.79 Å². The Bertz CT molecular complexity index is 808. The summed E-state index contributed by atoms with van der Waals surface area (Å²) in [5, 5.41) is 14.8. The molecule has 0 saturated heterocycles. The molecular formula is C16H16N4OS2. The number of amides is 1. The summed E-state index contributed by atoms with van der Waals surface area (Å²) in [6.45, 7) is 4.13. The number of hydrogen-bond donors (Lipinski definition) is 1. The van der Waals surface area contributed by atoms with Crippen molar-refractivity contribution in [3.05, 3.63) is 45.9 Å². The van der Waals surface area contributed by atoms with Crippen molar-refractivity contribution in [1.82, 2.24) is 15.2 Å². The number of aryl methyl sites for hydroxylation is 2. The number of nitrogens with zero attached hydrogens (tertiary/aromatic N) is 3. The van der Waals surface area contributed by atoms with Crippen molar-refractivity contribution >= 4 is 33.7 Å². The van der Waals surface area contributed by atoms with Crippen LogP contribution in [0.1, 0.15) is 34.4 Å². The largest absolute Gasteiger partial charge is 0.295 e. The second kappa shape index (κ2) is 6.97. The van der Waals surface area contributed by atoms with Gasteiger partial charge in [-0.2, -0.15) is 0 Å². The van der Waals surface area contributed by atoms with Gasteiger partial charge in [-0.15, -0.1) is 21.5 Å². The van der Waals surface area contributed by atoms with Crippen LogP contribution in [0.2, 0.25) is 0 Å². The maximum absolute atomic E-state index is 12.3. The van der Waals surface area contributed by atoms with Gasteiger partial charge in [-0.3, -0.25) is 10.1 Å². The van der Waals surface area contributed by atoms with E-state index in [0.29, 0.717) is 10.8 Å². The van der Waals surface area contributed by atoms with Crippen molar-refractivity contribution in [3.63, 3.8) is 0 Å². The molecule has 5 nitrogen and oxygen atoms in total. The van der Waals surface area contributed by atoms with E-state index in [0.717, 1.165) is 28.4 Å². The summed E-state index contributed by atoms with van der Waals surface area (Å²) in [5.41, 5.74) is 2.61. The molecule has 1 aromatic carbocycles. The van der Waals surface area contributed by atoms with Crippen molar-refractivity contribution < 1.29 is 4.79 Å². The van der Waals surface area contributed by atoms with Crippen LogP contribution in [0, 0.1) is 6.92 Å². The molecule has 0 unspecified atom stereocenters. The number of carbonyl (C=O) groups is 1. The average Bonchev–Trinajstić information content (AvgIpc) is 3.18. The Hall–Kier alpha value is -2.12. The van der Waals surface area contributed by atoms with E-state index in [2.05, 4.69) is 27.4 Å². The first kappa shape index (κ1) is 15.8. The zero-order valence-electron chi connectivity index (χ0n) is 12.9. The summed E-state index contributed by atoms with van der Waals surface area (Å²) in [6.07, 6.45) is 1.89. The molecule has 2 aromatic heterocycles. The van der Waals surface area contributed by atoms with Gasteiger partial charge in [0.1, 0.15) is 15.7 Å². The van der Waals surface area contributed by atoms with Gasteiger partial charge in [0, 0.05) is 17.4 Å². The van der Waals surface area contributed by atoms with E-state index in [1.807, 2.05) is 31.2 Å². The molecule has 0 atom stereocenters. The lowest BCUT2D eigenvalue weighted by molar-refractivity contribution is 0.102. The van der Waals surface area contributed by atoms with Crippen LogP contribution < -0.4 is 5.32 Å². The van der Waals surface area contributed by atoms with Crippen molar-refractivity contribution in [3.8, 4) is 10.6 Å². The highest BCUT2D eigenvalue weighted by molar-refractivity contribution is 7.15. The van der Waals surface area contributed by atoms with Gasteiger partial charge in [-0.05, 0) is 13.3 Å². The number of anilines is 1. The van der Waals surface area contributed by atoms with Crippen molar-refractivity contribution in [1.29, 1.82) is 0 Å². The van der Waals surface area contributed by atoms with E-state index in [4.69, 9.17) is 0 Å². The number of carbonyl (C=O) groups excluding carboxylic acids is 1. The van der Waals surface area contributed by atoms with Crippen molar-refractivity contribution in [2.75, 3.05) is 5.32 Å². The van der Waals surface area contributed by atoms with E-state index in [-0.39, 0.29) is 5.91 Å². The monoisotopic (exact) mass is 344 g/mol. The van der Waals surface area contributed by atoms with Crippen molar-refractivity contribution in [2.24, 2.45) is 0 Å². The molecule has 7 heteroatoms. The van der Waals surface area contributed by atoms with Gasteiger partial charge >= 0.3 is 0 Å². The molecular weight excluding hydrogens is 328 g/mol. The zero-order chi connectivity index (χ0) is 16.2. The van der Waals surface area contributed by atoms with Crippen LogP contribution >= 0.6 is 22.7 Å². The van der Waals surface area contributed by atoms with Crippen LogP contribution in [0.15, 0.2) is 29.6 Å². The highest BCUT2D eigenvalue weighted by Gasteiger charge is 2.14. The molecule has 0 aliphatic rings. The van der Waals surface area contributed by atoms with Gasteiger partial charge < -0.3 is 0 Å². The summed E-state index contributed by atoms with van der Waals surface area (Å²) in [4.78, 5) is 16.7. The minimum Gasteiger partial charge on any atom is -0.295 e. The van der Waals surface area contributed by atoms with Crippen LogP contribution in [-0.2, 0) is 6.42 Å². The van der Waals surface area contributed by atoms with Crippen LogP contribution in [0.25, 0.3) is 10.6 Å². The maximum Gasteiger partial charge on any atom is 0.276 e. The normalized spacial score (nSPS) is 10.7. The predicted molar refractivity (Wildman–Crippen MR) is 94.1 cm³/mol. The Kier molecular flexibility index (Phi) is 4.78. The molecule has 0 aliphatic carbocycles. The molecule has 0 fully saturated rings. The number of nitrogens with one attached hydrogen (secondary N) is 1. The van der Waals surface area contributed by atoms with Gasteiger partial charge in [-0.25, -0.2) is 4.98 Å². The van der Waals surface area contributed by atoms with E-state index < -0.39 is 0 Å². The molecule has 0 aliphatic heterocycles. The Labute approximate surface area is 142 Å². The first-order chi connectivity index (χ1) is 11.2.